The third kappa shape index (κ3) is 4.24. The molecule has 1 aromatic carbocycles. The van der Waals surface area contributed by atoms with Gasteiger partial charge in [-0.1, -0.05) is 35.3 Å². The largest absolute Gasteiger partial charge is 0.490 e. The summed E-state index contributed by atoms with van der Waals surface area (Å²) >= 11 is 12.6. The first-order chi connectivity index (χ1) is 9.90. The second-order valence-corrected chi connectivity index (χ2v) is 7.99. The van der Waals surface area contributed by atoms with Crippen molar-refractivity contribution in [2.75, 3.05) is 18.9 Å². The fourth-order valence-electron chi connectivity index (χ4n) is 1.54. The van der Waals surface area contributed by atoms with Crippen LogP contribution < -0.4 is 15.2 Å². The van der Waals surface area contributed by atoms with E-state index < -0.39 is 10.0 Å². The summed E-state index contributed by atoms with van der Waals surface area (Å²) in [6, 6.07) is 8.29. The number of thiophene rings is 1. The Morgan fingerprint density at radius 2 is 2.00 bits per heavy atom. The van der Waals surface area contributed by atoms with E-state index in [1.54, 1.807) is 24.3 Å². The van der Waals surface area contributed by atoms with E-state index in [0.717, 1.165) is 11.3 Å². The zero-order chi connectivity index (χ0) is 15.5. The van der Waals surface area contributed by atoms with Crippen molar-refractivity contribution in [2.45, 2.75) is 4.90 Å². The fraction of sp³-hybridized carbons (Fsp3) is 0.167. The molecule has 0 bridgehead atoms. The SMILES string of the molecule is Nc1ccccc1OCCNS(=O)(=O)c1cc(Cl)sc1Cl. The number of nitrogens with one attached hydrogen (secondary N) is 1. The second kappa shape index (κ2) is 6.85. The Morgan fingerprint density at radius 1 is 1.29 bits per heavy atom. The van der Waals surface area contributed by atoms with E-state index in [0.29, 0.717) is 15.8 Å². The molecule has 0 saturated carbocycles. The Morgan fingerprint density at radius 3 is 2.62 bits per heavy atom. The summed E-state index contributed by atoms with van der Waals surface area (Å²) in [4.78, 5) is -0.0293. The van der Waals surface area contributed by atoms with Crippen molar-refractivity contribution < 1.29 is 13.2 Å². The Balaban J connectivity index is 1.91. The van der Waals surface area contributed by atoms with Crippen LogP contribution in [0.4, 0.5) is 5.69 Å². The molecule has 114 valence electrons. The first-order valence-electron chi connectivity index (χ1n) is 5.82. The number of anilines is 1. The van der Waals surface area contributed by atoms with Crippen LogP contribution >= 0.6 is 34.5 Å². The van der Waals surface area contributed by atoms with Crippen molar-refractivity contribution in [3.05, 3.63) is 39.0 Å². The topological polar surface area (TPSA) is 81.4 Å². The van der Waals surface area contributed by atoms with Crippen LogP contribution in [0.25, 0.3) is 0 Å². The first-order valence-corrected chi connectivity index (χ1v) is 8.87. The molecule has 0 aliphatic carbocycles. The highest BCUT2D eigenvalue weighted by atomic mass is 35.5. The third-order valence-corrected chi connectivity index (χ3v) is 5.70. The molecule has 0 fully saturated rings. The van der Waals surface area contributed by atoms with Crippen LogP contribution in [-0.4, -0.2) is 21.6 Å². The molecule has 0 saturated heterocycles. The van der Waals surface area contributed by atoms with Gasteiger partial charge in [-0.25, -0.2) is 13.1 Å². The van der Waals surface area contributed by atoms with Gasteiger partial charge in [-0.05, 0) is 18.2 Å². The maximum atomic E-state index is 12.0. The molecule has 1 aromatic heterocycles. The quantitative estimate of drug-likeness (QED) is 0.608. The molecule has 9 heteroatoms. The molecule has 0 unspecified atom stereocenters. The molecular weight excluding hydrogens is 355 g/mol. The standard InChI is InChI=1S/C12H12Cl2N2O3S2/c13-11-7-10(12(14)20-11)21(17,18)16-5-6-19-9-4-2-1-3-8(9)15/h1-4,7,16H,5-6,15H2. The lowest BCUT2D eigenvalue weighted by Gasteiger charge is -2.09. The van der Waals surface area contributed by atoms with Gasteiger partial charge in [-0.3, -0.25) is 0 Å². The Bertz CT molecular complexity index is 732. The minimum Gasteiger partial charge on any atom is -0.490 e. The number of nitrogen functional groups attached to an aromatic ring is 1. The van der Waals surface area contributed by atoms with E-state index in [2.05, 4.69) is 4.72 Å². The highest BCUT2D eigenvalue weighted by molar-refractivity contribution is 7.89. The predicted octanol–water partition coefficient (Wildman–Crippen LogP) is 2.99. The zero-order valence-electron chi connectivity index (χ0n) is 10.7. The minimum atomic E-state index is -3.70. The molecule has 21 heavy (non-hydrogen) atoms. The summed E-state index contributed by atoms with van der Waals surface area (Å²) in [6.07, 6.45) is 0. The van der Waals surface area contributed by atoms with Crippen LogP contribution in [0.2, 0.25) is 8.67 Å². The van der Waals surface area contributed by atoms with Gasteiger partial charge < -0.3 is 10.5 Å². The lowest BCUT2D eigenvalue weighted by atomic mass is 10.3. The summed E-state index contributed by atoms with van der Waals surface area (Å²) < 4.78 is 32.3. The lowest BCUT2D eigenvalue weighted by Crippen LogP contribution is -2.28. The number of hydrogen-bond donors (Lipinski definition) is 2. The van der Waals surface area contributed by atoms with E-state index in [1.807, 2.05) is 0 Å². The molecule has 2 aromatic rings. The molecule has 0 aliphatic heterocycles. The van der Waals surface area contributed by atoms with Gasteiger partial charge in [0.2, 0.25) is 10.0 Å². The van der Waals surface area contributed by atoms with Crippen molar-refractivity contribution in [1.29, 1.82) is 0 Å². The molecule has 1 heterocycles. The number of halogens is 2. The predicted molar refractivity (Wildman–Crippen MR) is 85.9 cm³/mol. The smallest absolute Gasteiger partial charge is 0.243 e. The van der Waals surface area contributed by atoms with E-state index >= 15 is 0 Å². The van der Waals surface area contributed by atoms with Gasteiger partial charge in [0.25, 0.3) is 0 Å². The van der Waals surface area contributed by atoms with Crippen molar-refractivity contribution in [2.24, 2.45) is 0 Å². The average Bonchev–Trinajstić information content (AvgIpc) is 2.76. The second-order valence-electron chi connectivity index (χ2n) is 3.97. The number of nitrogens with two attached hydrogens (primary N) is 1. The van der Waals surface area contributed by atoms with Crippen LogP contribution in [0.5, 0.6) is 5.75 Å². The summed E-state index contributed by atoms with van der Waals surface area (Å²) in [5.41, 5.74) is 6.20. The number of benzene rings is 1. The van der Waals surface area contributed by atoms with E-state index in [9.17, 15) is 8.42 Å². The maximum Gasteiger partial charge on any atom is 0.243 e. The third-order valence-electron chi connectivity index (χ3n) is 2.49. The van der Waals surface area contributed by atoms with Crippen molar-refractivity contribution in [3.8, 4) is 5.75 Å². The summed E-state index contributed by atoms with van der Waals surface area (Å²) in [5, 5.41) is 0. The summed E-state index contributed by atoms with van der Waals surface area (Å²) in [7, 11) is -3.70. The highest BCUT2D eigenvalue weighted by Gasteiger charge is 2.20. The van der Waals surface area contributed by atoms with Gasteiger partial charge in [-0.2, -0.15) is 0 Å². The highest BCUT2D eigenvalue weighted by Crippen LogP contribution is 2.33. The average molecular weight is 367 g/mol. The summed E-state index contributed by atoms with van der Waals surface area (Å²) in [5.74, 6) is 0.508. The Labute approximate surface area is 136 Å². The molecule has 3 N–H and O–H groups in total. The zero-order valence-corrected chi connectivity index (χ0v) is 13.8. The van der Waals surface area contributed by atoms with Gasteiger partial charge in [0.05, 0.1) is 10.0 Å². The number of rotatable bonds is 6. The molecule has 0 aliphatic rings. The van der Waals surface area contributed by atoms with Crippen molar-refractivity contribution >= 4 is 50.2 Å². The van der Waals surface area contributed by atoms with Crippen LogP contribution in [0, 0.1) is 0 Å². The first kappa shape index (κ1) is 16.4. The van der Waals surface area contributed by atoms with Gasteiger partial charge in [-0.15, -0.1) is 11.3 Å². The minimum absolute atomic E-state index is 0.0293. The molecule has 0 atom stereocenters. The van der Waals surface area contributed by atoms with Gasteiger partial charge in [0.1, 0.15) is 21.6 Å². The molecule has 0 radical (unpaired) electrons. The van der Waals surface area contributed by atoms with E-state index in [4.69, 9.17) is 33.7 Å². The van der Waals surface area contributed by atoms with Crippen molar-refractivity contribution in [3.63, 3.8) is 0 Å². The van der Waals surface area contributed by atoms with Crippen molar-refractivity contribution in [1.82, 2.24) is 4.72 Å². The Kier molecular flexibility index (Phi) is 5.34. The van der Waals surface area contributed by atoms with Crippen LogP contribution in [0.1, 0.15) is 0 Å². The van der Waals surface area contributed by atoms with Crippen LogP contribution in [0.15, 0.2) is 35.2 Å². The monoisotopic (exact) mass is 366 g/mol. The lowest BCUT2D eigenvalue weighted by molar-refractivity contribution is 0.324. The molecule has 2 rings (SSSR count). The molecular formula is C12H12Cl2N2O3S2. The Hall–Kier alpha value is -0.990. The molecule has 5 nitrogen and oxygen atoms in total. The molecule has 0 amide bonds. The maximum absolute atomic E-state index is 12.0. The number of para-hydroxylation sites is 2. The van der Waals surface area contributed by atoms with E-state index in [1.165, 1.54) is 6.07 Å². The number of ether oxygens (including phenoxy) is 1. The van der Waals surface area contributed by atoms with Crippen LogP contribution in [0.3, 0.4) is 0 Å². The van der Waals surface area contributed by atoms with Crippen LogP contribution in [-0.2, 0) is 10.0 Å². The van der Waals surface area contributed by atoms with Gasteiger partial charge in [0.15, 0.2) is 0 Å². The molecule has 0 spiro atoms. The number of sulfonamides is 1. The van der Waals surface area contributed by atoms with Gasteiger partial charge >= 0.3 is 0 Å². The summed E-state index contributed by atoms with van der Waals surface area (Å²) in [6.45, 7) is 0.226. The normalized spacial score (nSPS) is 11.5. The number of hydrogen-bond acceptors (Lipinski definition) is 5. The fourth-order valence-corrected chi connectivity index (χ4v) is 4.70. The van der Waals surface area contributed by atoms with E-state index in [-0.39, 0.29) is 22.4 Å². The van der Waals surface area contributed by atoms with Gasteiger partial charge in [0, 0.05) is 6.54 Å².